The maximum Gasteiger partial charge on any atom is 0.410 e. The highest BCUT2D eigenvalue weighted by Gasteiger charge is 2.56. The molecule has 1 saturated heterocycles. The van der Waals surface area contributed by atoms with Gasteiger partial charge in [0.1, 0.15) is 22.7 Å². The Balaban J connectivity index is 1.22. The fraction of sp³-hybridized carbons (Fsp3) is 0.464. The molecule has 2 aliphatic heterocycles. The number of carbonyl (C=O) groups excluding carboxylic acids is 2. The van der Waals surface area contributed by atoms with Crippen LogP contribution in [0.15, 0.2) is 42.7 Å². The molecule has 1 atom stereocenters. The van der Waals surface area contributed by atoms with Gasteiger partial charge in [0.05, 0.1) is 6.07 Å². The molecular weight excluding hydrogens is 468 g/mol. The fourth-order valence-corrected chi connectivity index (χ4v) is 5.00. The summed E-state index contributed by atoms with van der Waals surface area (Å²) in [5, 5.41) is 13.0. The van der Waals surface area contributed by atoms with Crippen LogP contribution in [0.5, 0.6) is 0 Å². The Bertz CT molecular complexity index is 1270. The molecule has 2 aromatic rings. The summed E-state index contributed by atoms with van der Waals surface area (Å²) in [4.78, 5) is 37.8. The number of nitrogens with one attached hydrogen (secondary N) is 1. The lowest BCUT2D eigenvalue weighted by Gasteiger charge is -2.29. The number of carbonyl (C=O) groups is 2. The molecule has 2 amide bonds. The van der Waals surface area contributed by atoms with Crippen LogP contribution in [0.4, 0.5) is 22.1 Å². The summed E-state index contributed by atoms with van der Waals surface area (Å²) in [6.45, 7) is 7.24. The maximum atomic E-state index is 13.1. The number of anilines is 3. The number of nitriles is 1. The van der Waals surface area contributed by atoms with Crippen LogP contribution in [0.25, 0.3) is 5.57 Å². The third-order valence-corrected chi connectivity index (χ3v) is 7.14. The summed E-state index contributed by atoms with van der Waals surface area (Å²) in [5.41, 5.74) is 1.50. The molecule has 5 rings (SSSR count). The Kier molecular flexibility index (Phi) is 6.36. The molecule has 1 saturated carbocycles. The van der Waals surface area contributed by atoms with Crippen molar-refractivity contribution < 1.29 is 14.3 Å². The van der Waals surface area contributed by atoms with Crippen molar-refractivity contribution in [2.24, 2.45) is 11.3 Å². The van der Waals surface area contributed by atoms with Crippen LogP contribution in [-0.2, 0) is 9.53 Å². The van der Waals surface area contributed by atoms with Gasteiger partial charge >= 0.3 is 6.09 Å². The number of rotatable bonds is 5. The minimum Gasteiger partial charge on any atom is -0.444 e. The first kappa shape index (κ1) is 24.8. The molecule has 0 spiro atoms. The largest absolute Gasteiger partial charge is 0.444 e. The van der Waals surface area contributed by atoms with Crippen LogP contribution >= 0.6 is 0 Å². The van der Waals surface area contributed by atoms with E-state index in [1.165, 1.54) is 0 Å². The summed E-state index contributed by atoms with van der Waals surface area (Å²) in [6, 6.07) is 9.84. The highest BCUT2D eigenvalue weighted by Crippen LogP contribution is 2.51. The number of pyridine rings is 2. The monoisotopic (exact) mass is 500 g/mol. The van der Waals surface area contributed by atoms with Crippen LogP contribution in [0.1, 0.15) is 52.0 Å². The van der Waals surface area contributed by atoms with Crippen LogP contribution in [0.2, 0.25) is 0 Å². The predicted octanol–water partition coefficient (Wildman–Crippen LogP) is 4.90. The van der Waals surface area contributed by atoms with E-state index in [9.17, 15) is 14.9 Å². The average molecular weight is 501 g/mol. The van der Waals surface area contributed by atoms with E-state index in [4.69, 9.17) is 4.74 Å². The van der Waals surface area contributed by atoms with Gasteiger partial charge in [0.15, 0.2) is 0 Å². The van der Waals surface area contributed by atoms with Crippen molar-refractivity contribution in [1.29, 1.82) is 5.26 Å². The Morgan fingerprint density at radius 2 is 2.00 bits per heavy atom. The van der Waals surface area contributed by atoms with Gasteiger partial charge < -0.3 is 19.9 Å². The molecule has 192 valence electrons. The number of hydrogen-bond acceptors (Lipinski definition) is 7. The summed E-state index contributed by atoms with van der Waals surface area (Å²) < 4.78 is 5.46. The van der Waals surface area contributed by atoms with Crippen LogP contribution in [0.3, 0.4) is 0 Å². The van der Waals surface area contributed by atoms with Gasteiger partial charge in [-0.2, -0.15) is 5.26 Å². The van der Waals surface area contributed by atoms with Crippen molar-refractivity contribution in [3.8, 4) is 6.07 Å². The Morgan fingerprint density at radius 1 is 1.19 bits per heavy atom. The number of amides is 2. The third kappa shape index (κ3) is 5.15. The lowest BCUT2D eigenvalue weighted by molar-refractivity contribution is -0.123. The zero-order chi connectivity index (χ0) is 26.2. The van der Waals surface area contributed by atoms with E-state index in [0.29, 0.717) is 37.7 Å². The van der Waals surface area contributed by atoms with Crippen LogP contribution in [0, 0.1) is 22.7 Å². The van der Waals surface area contributed by atoms with Gasteiger partial charge in [0.25, 0.3) is 0 Å². The topological polar surface area (TPSA) is 111 Å². The molecular formula is C28H32N6O3. The van der Waals surface area contributed by atoms with E-state index >= 15 is 0 Å². The summed E-state index contributed by atoms with van der Waals surface area (Å²) in [6.07, 6.45) is 8.43. The molecule has 2 aromatic heterocycles. The second kappa shape index (κ2) is 9.51. The SMILES string of the molecule is CC(C)(C)OC(=O)N1CC=C(c2ccc(Nc3cc(N4CC[C@@](C#N)(C5CC5)C4=O)ccn3)nc2)CC1. The molecule has 1 aliphatic carbocycles. The van der Waals surface area contributed by atoms with Gasteiger partial charge in [-0.05, 0) is 81.7 Å². The van der Waals surface area contributed by atoms with E-state index in [0.717, 1.165) is 36.1 Å². The molecule has 4 heterocycles. The van der Waals surface area contributed by atoms with Crippen molar-refractivity contribution in [3.05, 3.63) is 48.3 Å². The number of nitrogens with zero attached hydrogens (tertiary/aromatic N) is 5. The Labute approximate surface area is 217 Å². The molecule has 0 radical (unpaired) electrons. The van der Waals surface area contributed by atoms with Crippen LogP contribution in [-0.4, -0.2) is 52.1 Å². The van der Waals surface area contributed by atoms with Crippen molar-refractivity contribution in [3.63, 3.8) is 0 Å². The van der Waals surface area contributed by atoms with Crippen molar-refractivity contribution in [2.45, 2.75) is 52.1 Å². The predicted molar refractivity (Wildman–Crippen MR) is 140 cm³/mol. The molecule has 0 aromatic carbocycles. The van der Waals surface area contributed by atoms with Crippen molar-refractivity contribution in [1.82, 2.24) is 14.9 Å². The van der Waals surface area contributed by atoms with Gasteiger partial charge in [-0.25, -0.2) is 14.8 Å². The average Bonchev–Trinajstić information content (AvgIpc) is 3.67. The van der Waals surface area contributed by atoms with E-state index < -0.39 is 11.0 Å². The van der Waals surface area contributed by atoms with E-state index in [1.54, 1.807) is 22.1 Å². The fourth-order valence-electron chi connectivity index (χ4n) is 5.00. The first-order valence-electron chi connectivity index (χ1n) is 12.8. The van der Waals surface area contributed by atoms with E-state index in [1.807, 2.05) is 51.2 Å². The highest BCUT2D eigenvalue weighted by atomic mass is 16.6. The zero-order valence-electron chi connectivity index (χ0n) is 21.5. The highest BCUT2D eigenvalue weighted by molar-refractivity contribution is 6.02. The summed E-state index contributed by atoms with van der Waals surface area (Å²) >= 11 is 0. The first-order valence-corrected chi connectivity index (χ1v) is 12.8. The molecule has 2 fully saturated rings. The van der Waals surface area contributed by atoms with Crippen LogP contribution < -0.4 is 10.2 Å². The van der Waals surface area contributed by atoms with Gasteiger partial charge in [0, 0.05) is 43.8 Å². The van der Waals surface area contributed by atoms with Crippen molar-refractivity contribution >= 4 is 34.9 Å². The Morgan fingerprint density at radius 3 is 2.62 bits per heavy atom. The molecule has 0 unspecified atom stereocenters. The normalized spacial score (nSPS) is 21.9. The molecule has 1 N–H and O–H groups in total. The molecule has 0 bridgehead atoms. The Hall–Kier alpha value is -3.93. The van der Waals surface area contributed by atoms with Gasteiger partial charge in [-0.1, -0.05) is 6.08 Å². The van der Waals surface area contributed by atoms with E-state index in [2.05, 4.69) is 21.4 Å². The van der Waals surface area contributed by atoms with Gasteiger partial charge in [0.2, 0.25) is 5.91 Å². The summed E-state index contributed by atoms with van der Waals surface area (Å²) in [7, 11) is 0. The van der Waals surface area contributed by atoms with E-state index in [-0.39, 0.29) is 17.9 Å². The molecule has 37 heavy (non-hydrogen) atoms. The number of ether oxygens (including phenoxy) is 1. The van der Waals surface area contributed by atoms with Gasteiger partial charge in [-0.15, -0.1) is 0 Å². The zero-order valence-corrected chi connectivity index (χ0v) is 21.5. The van der Waals surface area contributed by atoms with Gasteiger partial charge in [-0.3, -0.25) is 4.79 Å². The summed E-state index contributed by atoms with van der Waals surface area (Å²) in [5.74, 6) is 1.31. The second-order valence-electron chi connectivity index (χ2n) is 10.9. The second-order valence-corrected chi connectivity index (χ2v) is 10.9. The lowest BCUT2D eigenvalue weighted by atomic mass is 9.83. The smallest absolute Gasteiger partial charge is 0.410 e. The quantitative estimate of drug-likeness (QED) is 0.621. The first-order chi connectivity index (χ1) is 17.7. The minimum absolute atomic E-state index is 0.0943. The minimum atomic E-state index is -0.869. The van der Waals surface area contributed by atoms with Crippen molar-refractivity contribution in [2.75, 3.05) is 29.9 Å². The standard InChI is InChI=1S/C28H32N6O3/c1-27(2,3)37-26(36)33-13-9-19(10-14-33)20-4-7-23(31-17-20)32-24-16-22(8-12-30-24)34-15-11-28(18-29,25(34)35)21-5-6-21/h4,7-9,12,16-17,21H,5-6,10-11,13-15H2,1-3H3,(H,30,31,32)/t28-/m1/s1. The molecule has 9 heteroatoms. The number of hydrogen-bond donors (Lipinski definition) is 1. The molecule has 9 nitrogen and oxygen atoms in total. The third-order valence-electron chi connectivity index (χ3n) is 7.14. The lowest BCUT2D eigenvalue weighted by Crippen LogP contribution is -2.39. The maximum absolute atomic E-state index is 13.1. The molecule has 3 aliphatic rings. The number of aromatic nitrogens is 2.